The molecule has 3 atom stereocenters. The molecule has 0 saturated heterocycles. The fourth-order valence-corrected chi connectivity index (χ4v) is 1.71. The number of hydrogen-bond donors (Lipinski definition) is 2. The SMILES string of the molecule is C[C@H]1CC[C@H](N)[C@@H]1CN. The van der Waals surface area contributed by atoms with Gasteiger partial charge in [-0.15, -0.1) is 0 Å². The first kappa shape index (κ1) is 7.03. The maximum absolute atomic E-state index is 5.80. The fourth-order valence-electron chi connectivity index (χ4n) is 1.71. The molecular formula is C7H16N2. The van der Waals surface area contributed by atoms with E-state index in [1.165, 1.54) is 12.8 Å². The highest BCUT2D eigenvalue weighted by molar-refractivity contribution is 4.85. The molecule has 0 unspecified atom stereocenters. The summed E-state index contributed by atoms with van der Waals surface area (Å²) < 4.78 is 0. The first-order valence-electron chi connectivity index (χ1n) is 3.71. The molecule has 0 aromatic carbocycles. The quantitative estimate of drug-likeness (QED) is 0.534. The molecule has 1 aliphatic rings. The molecule has 1 aliphatic carbocycles. The monoisotopic (exact) mass is 128 g/mol. The van der Waals surface area contributed by atoms with Gasteiger partial charge in [0, 0.05) is 6.04 Å². The van der Waals surface area contributed by atoms with E-state index in [0.29, 0.717) is 12.0 Å². The van der Waals surface area contributed by atoms with Crippen molar-refractivity contribution in [3.05, 3.63) is 0 Å². The van der Waals surface area contributed by atoms with Crippen molar-refractivity contribution in [2.45, 2.75) is 25.8 Å². The Morgan fingerprint density at radius 2 is 2.11 bits per heavy atom. The van der Waals surface area contributed by atoms with Crippen molar-refractivity contribution in [1.82, 2.24) is 0 Å². The molecule has 2 nitrogen and oxygen atoms in total. The van der Waals surface area contributed by atoms with Crippen molar-refractivity contribution >= 4 is 0 Å². The number of hydrogen-bond acceptors (Lipinski definition) is 2. The van der Waals surface area contributed by atoms with E-state index >= 15 is 0 Å². The molecule has 9 heavy (non-hydrogen) atoms. The van der Waals surface area contributed by atoms with Crippen LogP contribution >= 0.6 is 0 Å². The second-order valence-corrected chi connectivity index (χ2v) is 3.12. The van der Waals surface area contributed by atoms with Gasteiger partial charge in [0.25, 0.3) is 0 Å². The average Bonchev–Trinajstić information content (AvgIpc) is 2.12. The maximum atomic E-state index is 5.80. The third kappa shape index (κ3) is 1.25. The Morgan fingerprint density at radius 3 is 2.33 bits per heavy atom. The van der Waals surface area contributed by atoms with Gasteiger partial charge < -0.3 is 11.5 Å². The van der Waals surface area contributed by atoms with Crippen molar-refractivity contribution in [2.75, 3.05) is 6.54 Å². The summed E-state index contributed by atoms with van der Waals surface area (Å²) in [5, 5.41) is 0. The molecule has 1 rings (SSSR count). The normalized spacial score (nSPS) is 43.7. The fraction of sp³-hybridized carbons (Fsp3) is 1.00. The third-order valence-corrected chi connectivity index (χ3v) is 2.51. The highest BCUT2D eigenvalue weighted by Crippen LogP contribution is 2.28. The highest BCUT2D eigenvalue weighted by atomic mass is 14.7. The average molecular weight is 128 g/mol. The summed E-state index contributed by atoms with van der Waals surface area (Å²) in [6.45, 7) is 3.01. The predicted molar refractivity (Wildman–Crippen MR) is 38.9 cm³/mol. The van der Waals surface area contributed by atoms with Crippen LogP contribution in [0.25, 0.3) is 0 Å². The first-order valence-corrected chi connectivity index (χ1v) is 3.71. The molecule has 54 valence electrons. The van der Waals surface area contributed by atoms with Gasteiger partial charge in [0.15, 0.2) is 0 Å². The molecule has 0 aliphatic heterocycles. The third-order valence-electron chi connectivity index (χ3n) is 2.51. The van der Waals surface area contributed by atoms with Crippen molar-refractivity contribution in [2.24, 2.45) is 23.3 Å². The van der Waals surface area contributed by atoms with Crippen LogP contribution < -0.4 is 11.5 Å². The van der Waals surface area contributed by atoms with E-state index in [0.717, 1.165) is 12.5 Å². The molecule has 1 saturated carbocycles. The molecule has 4 N–H and O–H groups in total. The minimum atomic E-state index is 0.380. The Balaban J connectivity index is 2.44. The van der Waals surface area contributed by atoms with Crippen molar-refractivity contribution < 1.29 is 0 Å². The van der Waals surface area contributed by atoms with E-state index in [2.05, 4.69) is 6.92 Å². The van der Waals surface area contributed by atoms with E-state index in [-0.39, 0.29) is 0 Å². The summed E-state index contributed by atoms with van der Waals surface area (Å²) in [5.74, 6) is 1.34. The summed E-state index contributed by atoms with van der Waals surface area (Å²) in [6, 6.07) is 0.380. The van der Waals surface area contributed by atoms with Crippen LogP contribution in [0.1, 0.15) is 19.8 Å². The van der Waals surface area contributed by atoms with Crippen LogP contribution in [0.3, 0.4) is 0 Å². The summed E-state index contributed by atoms with van der Waals surface area (Å²) >= 11 is 0. The lowest BCUT2D eigenvalue weighted by Crippen LogP contribution is -2.32. The summed E-state index contributed by atoms with van der Waals surface area (Å²) in [7, 11) is 0. The van der Waals surface area contributed by atoms with Crippen LogP contribution in [0.5, 0.6) is 0 Å². The second-order valence-electron chi connectivity index (χ2n) is 3.12. The molecule has 0 bridgehead atoms. The molecule has 0 aromatic rings. The van der Waals surface area contributed by atoms with Crippen LogP contribution in [0.2, 0.25) is 0 Å². The van der Waals surface area contributed by atoms with Crippen LogP contribution in [0.4, 0.5) is 0 Å². The van der Waals surface area contributed by atoms with Gasteiger partial charge in [0.2, 0.25) is 0 Å². The van der Waals surface area contributed by atoms with Crippen molar-refractivity contribution in [1.29, 1.82) is 0 Å². The predicted octanol–water partition coefficient (Wildman–Crippen LogP) is 0.319. The summed E-state index contributed by atoms with van der Waals surface area (Å²) in [6.07, 6.45) is 2.44. The van der Waals surface area contributed by atoms with Gasteiger partial charge in [-0.2, -0.15) is 0 Å². The van der Waals surface area contributed by atoms with Gasteiger partial charge in [-0.25, -0.2) is 0 Å². The van der Waals surface area contributed by atoms with Crippen LogP contribution in [-0.2, 0) is 0 Å². The Labute approximate surface area is 56.6 Å². The standard InChI is InChI=1S/C7H16N2/c1-5-2-3-7(9)6(5)4-8/h5-7H,2-4,8-9H2,1H3/t5-,6+,7-/m0/s1. The molecule has 0 heterocycles. The molecular weight excluding hydrogens is 112 g/mol. The van der Waals surface area contributed by atoms with Gasteiger partial charge >= 0.3 is 0 Å². The van der Waals surface area contributed by atoms with Crippen molar-refractivity contribution in [3.63, 3.8) is 0 Å². The topological polar surface area (TPSA) is 52.0 Å². The minimum absolute atomic E-state index is 0.380. The van der Waals surface area contributed by atoms with Gasteiger partial charge in [0.05, 0.1) is 0 Å². The van der Waals surface area contributed by atoms with Crippen LogP contribution in [0.15, 0.2) is 0 Å². The zero-order chi connectivity index (χ0) is 6.85. The molecule has 1 fully saturated rings. The van der Waals surface area contributed by atoms with E-state index in [1.54, 1.807) is 0 Å². The molecule has 0 aromatic heterocycles. The number of nitrogens with two attached hydrogens (primary N) is 2. The molecule has 2 heteroatoms. The van der Waals surface area contributed by atoms with E-state index in [9.17, 15) is 0 Å². The second kappa shape index (κ2) is 2.67. The molecule has 0 radical (unpaired) electrons. The maximum Gasteiger partial charge on any atom is 0.00818 e. The largest absolute Gasteiger partial charge is 0.330 e. The Bertz CT molecular complexity index is 82.9. The lowest BCUT2D eigenvalue weighted by atomic mass is 9.96. The van der Waals surface area contributed by atoms with E-state index in [1.807, 2.05) is 0 Å². The lowest BCUT2D eigenvalue weighted by molar-refractivity contribution is 0.396. The van der Waals surface area contributed by atoms with Gasteiger partial charge in [0.1, 0.15) is 0 Å². The van der Waals surface area contributed by atoms with Crippen LogP contribution in [-0.4, -0.2) is 12.6 Å². The van der Waals surface area contributed by atoms with E-state index < -0.39 is 0 Å². The zero-order valence-electron chi connectivity index (χ0n) is 6.01. The molecule has 0 spiro atoms. The van der Waals surface area contributed by atoms with Crippen LogP contribution in [0, 0.1) is 11.8 Å². The summed E-state index contributed by atoms with van der Waals surface area (Å²) in [5.41, 5.74) is 11.3. The highest BCUT2D eigenvalue weighted by Gasteiger charge is 2.28. The van der Waals surface area contributed by atoms with Gasteiger partial charge in [-0.05, 0) is 31.2 Å². The Morgan fingerprint density at radius 1 is 1.44 bits per heavy atom. The van der Waals surface area contributed by atoms with Gasteiger partial charge in [-0.1, -0.05) is 6.92 Å². The zero-order valence-corrected chi connectivity index (χ0v) is 6.01. The smallest absolute Gasteiger partial charge is 0.00818 e. The first-order chi connectivity index (χ1) is 4.25. The Hall–Kier alpha value is -0.0800. The number of rotatable bonds is 1. The molecule has 0 amide bonds. The lowest BCUT2D eigenvalue weighted by Gasteiger charge is -2.16. The minimum Gasteiger partial charge on any atom is -0.330 e. The van der Waals surface area contributed by atoms with Crippen molar-refractivity contribution in [3.8, 4) is 0 Å². The van der Waals surface area contributed by atoms with E-state index in [4.69, 9.17) is 11.5 Å². The summed E-state index contributed by atoms with van der Waals surface area (Å²) in [4.78, 5) is 0. The Kier molecular flexibility index (Phi) is 2.09. The van der Waals surface area contributed by atoms with Gasteiger partial charge in [-0.3, -0.25) is 0 Å².